The Morgan fingerprint density at radius 2 is 2.27 bits per heavy atom. The van der Waals surface area contributed by atoms with Crippen LogP contribution in [0.15, 0.2) is 17.3 Å². The molecule has 0 atom stereocenters. The lowest BCUT2D eigenvalue weighted by atomic mass is 10.5. The molecule has 1 rings (SSSR count). The second-order valence-corrected chi connectivity index (χ2v) is 3.41. The van der Waals surface area contributed by atoms with Crippen molar-refractivity contribution < 1.29 is 5.21 Å². The van der Waals surface area contributed by atoms with Crippen LogP contribution < -0.4 is 4.90 Å². The van der Waals surface area contributed by atoms with Crippen molar-refractivity contribution in [1.82, 2.24) is 0 Å². The van der Waals surface area contributed by atoms with Gasteiger partial charge in [-0.3, -0.25) is 0 Å². The zero-order valence-corrected chi connectivity index (χ0v) is 7.30. The molecule has 0 aromatic carbocycles. The zero-order valence-electron chi connectivity index (χ0n) is 6.48. The summed E-state index contributed by atoms with van der Waals surface area (Å²) in [5.41, 5.74) is 0. The van der Waals surface area contributed by atoms with Gasteiger partial charge in [-0.2, -0.15) is 0 Å². The van der Waals surface area contributed by atoms with E-state index in [1.165, 1.54) is 6.21 Å². The Morgan fingerprint density at radius 3 is 2.73 bits per heavy atom. The molecule has 0 saturated heterocycles. The molecule has 0 saturated carbocycles. The van der Waals surface area contributed by atoms with Crippen LogP contribution in [0.25, 0.3) is 0 Å². The predicted octanol–water partition coefficient (Wildman–Crippen LogP) is 1.62. The molecule has 11 heavy (non-hydrogen) atoms. The molecular weight excluding hydrogens is 160 g/mol. The molecule has 1 aromatic rings. The number of hydrogen-bond acceptors (Lipinski definition) is 4. The first kappa shape index (κ1) is 8.07. The van der Waals surface area contributed by atoms with E-state index in [4.69, 9.17) is 5.21 Å². The van der Waals surface area contributed by atoms with Gasteiger partial charge in [0.25, 0.3) is 0 Å². The van der Waals surface area contributed by atoms with Crippen LogP contribution in [0.4, 0.5) is 5.00 Å². The number of hydrogen-bond donors (Lipinski definition) is 1. The second-order valence-electron chi connectivity index (χ2n) is 2.31. The van der Waals surface area contributed by atoms with Gasteiger partial charge >= 0.3 is 0 Å². The number of thiophene rings is 1. The molecule has 1 N–H and O–H groups in total. The lowest BCUT2D eigenvalue weighted by Gasteiger charge is -2.06. The summed E-state index contributed by atoms with van der Waals surface area (Å²) < 4.78 is 0. The average Bonchev–Trinajstić information content (AvgIpc) is 2.37. The number of nitrogens with zero attached hydrogens (tertiary/aromatic N) is 2. The van der Waals surface area contributed by atoms with Crippen molar-refractivity contribution in [3.05, 3.63) is 17.0 Å². The highest BCUT2D eigenvalue weighted by Gasteiger charge is 1.98. The van der Waals surface area contributed by atoms with Crippen molar-refractivity contribution in [3.63, 3.8) is 0 Å². The number of rotatable bonds is 2. The minimum atomic E-state index is 0.955. The van der Waals surface area contributed by atoms with E-state index in [1.54, 1.807) is 11.3 Å². The summed E-state index contributed by atoms with van der Waals surface area (Å²) in [5.74, 6) is 0. The van der Waals surface area contributed by atoms with E-state index < -0.39 is 0 Å². The second kappa shape index (κ2) is 3.39. The quantitative estimate of drug-likeness (QED) is 0.416. The minimum Gasteiger partial charge on any atom is -0.411 e. The van der Waals surface area contributed by atoms with E-state index >= 15 is 0 Å². The maximum atomic E-state index is 8.23. The highest BCUT2D eigenvalue weighted by atomic mass is 32.1. The van der Waals surface area contributed by atoms with E-state index in [0.717, 1.165) is 9.88 Å². The minimum absolute atomic E-state index is 0.955. The Labute approximate surface area is 69.6 Å². The fraction of sp³-hybridized carbons (Fsp3) is 0.286. The van der Waals surface area contributed by atoms with Crippen LogP contribution >= 0.6 is 11.3 Å². The highest BCUT2D eigenvalue weighted by molar-refractivity contribution is 7.17. The Bertz CT molecular complexity index is 255. The van der Waals surface area contributed by atoms with Gasteiger partial charge in [0.05, 0.1) is 16.1 Å². The van der Waals surface area contributed by atoms with Crippen molar-refractivity contribution in [3.8, 4) is 0 Å². The van der Waals surface area contributed by atoms with Crippen molar-refractivity contribution in [2.45, 2.75) is 0 Å². The van der Waals surface area contributed by atoms with Crippen LogP contribution in [0.1, 0.15) is 4.88 Å². The van der Waals surface area contributed by atoms with Gasteiger partial charge in [0.1, 0.15) is 0 Å². The Kier molecular flexibility index (Phi) is 2.48. The van der Waals surface area contributed by atoms with Gasteiger partial charge < -0.3 is 10.1 Å². The van der Waals surface area contributed by atoms with Crippen LogP contribution in [-0.4, -0.2) is 25.5 Å². The monoisotopic (exact) mass is 170 g/mol. The van der Waals surface area contributed by atoms with E-state index in [9.17, 15) is 0 Å². The molecule has 0 bridgehead atoms. The van der Waals surface area contributed by atoms with Crippen molar-refractivity contribution in [1.29, 1.82) is 0 Å². The molecule has 0 aliphatic carbocycles. The molecule has 60 valence electrons. The summed E-state index contributed by atoms with van der Waals surface area (Å²) in [5, 5.41) is 12.3. The zero-order chi connectivity index (χ0) is 8.27. The van der Waals surface area contributed by atoms with Gasteiger partial charge in [0.15, 0.2) is 0 Å². The van der Waals surface area contributed by atoms with Crippen LogP contribution in [0, 0.1) is 0 Å². The molecule has 3 nitrogen and oxygen atoms in total. The molecule has 0 unspecified atom stereocenters. The summed E-state index contributed by atoms with van der Waals surface area (Å²) in [7, 11) is 3.96. The standard InChI is InChI=1S/C7H10N2OS/c1-9(2)7-4-3-6(11-7)5-8-10/h3-5,10H,1-2H3. The fourth-order valence-corrected chi connectivity index (χ4v) is 1.50. The van der Waals surface area contributed by atoms with Crippen LogP contribution in [0.3, 0.4) is 0 Å². The fourth-order valence-electron chi connectivity index (χ4n) is 0.709. The summed E-state index contributed by atoms with van der Waals surface area (Å²) in [6.07, 6.45) is 1.43. The third kappa shape index (κ3) is 1.94. The largest absolute Gasteiger partial charge is 0.411 e. The normalized spacial score (nSPS) is 10.7. The van der Waals surface area contributed by atoms with E-state index in [2.05, 4.69) is 5.16 Å². The molecule has 1 heterocycles. The molecule has 4 heteroatoms. The smallest absolute Gasteiger partial charge is 0.0910 e. The van der Waals surface area contributed by atoms with Crippen molar-refractivity contribution in [2.75, 3.05) is 19.0 Å². The Balaban J connectivity index is 2.81. The van der Waals surface area contributed by atoms with Gasteiger partial charge in [-0.15, -0.1) is 11.3 Å². The average molecular weight is 170 g/mol. The molecule has 0 aliphatic rings. The lowest BCUT2D eigenvalue weighted by Crippen LogP contribution is -2.05. The lowest BCUT2D eigenvalue weighted by molar-refractivity contribution is 0.322. The van der Waals surface area contributed by atoms with E-state index in [1.807, 2.05) is 31.1 Å². The summed E-state index contributed by atoms with van der Waals surface area (Å²) in [6, 6.07) is 3.90. The van der Waals surface area contributed by atoms with Crippen LogP contribution in [0.2, 0.25) is 0 Å². The molecule has 0 amide bonds. The van der Waals surface area contributed by atoms with Crippen molar-refractivity contribution >= 4 is 22.6 Å². The summed E-state index contributed by atoms with van der Waals surface area (Å²) in [6.45, 7) is 0. The Morgan fingerprint density at radius 1 is 1.55 bits per heavy atom. The van der Waals surface area contributed by atoms with E-state index in [-0.39, 0.29) is 0 Å². The maximum absolute atomic E-state index is 8.23. The van der Waals surface area contributed by atoms with Crippen LogP contribution in [0.5, 0.6) is 0 Å². The topological polar surface area (TPSA) is 35.8 Å². The summed E-state index contributed by atoms with van der Waals surface area (Å²) in [4.78, 5) is 2.97. The first-order valence-electron chi connectivity index (χ1n) is 3.18. The third-order valence-corrected chi connectivity index (χ3v) is 2.43. The molecular formula is C7H10N2OS. The molecule has 0 aliphatic heterocycles. The maximum Gasteiger partial charge on any atom is 0.0910 e. The van der Waals surface area contributed by atoms with Gasteiger partial charge in [-0.1, -0.05) is 5.16 Å². The molecule has 0 radical (unpaired) electrons. The number of anilines is 1. The third-order valence-electron chi connectivity index (χ3n) is 1.24. The number of oxime groups is 1. The van der Waals surface area contributed by atoms with Crippen molar-refractivity contribution in [2.24, 2.45) is 5.16 Å². The molecule has 0 fully saturated rings. The van der Waals surface area contributed by atoms with E-state index in [0.29, 0.717) is 0 Å². The molecule has 0 spiro atoms. The van der Waals surface area contributed by atoms with Gasteiger partial charge in [-0.25, -0.2) is 0 Å². The highest BCUT2D eigenvalue weighted by Crippen LogP contribution is 2.22. The first-order chi connectivity index (χ1) is 5.24. The SMILES string of the molecule is CN(C)c1ccc(C=NO)s1. The van der Waals surface area contributed by atoms with Gasteiger partial charge in [0.2, 0.25) is 0 Å². The Hall–Kier alpha value is -1.03. The van der Waals surface area contributed by atoms with Crippen LogP contribution in [-0.2, 0) is 0 Å². The summed E-state index contributed by atoms with van der Waals surface area (Å²) >= 11 is 1.58. The first-order valence-corrected chi connectivity index (χ1v) is 4.00. The van der Waals surface area contributed by atoms with Gasteiger partial charge in [-0.05, 0) is 12.1 Å². The molecule has 1 aromatic heterocycles. The predicted molar refractivity (Wildman–Crippen MR) is 48.0 cm³/mol. The van der Waals surface area contributed by atoms with Gasteiger partial charge in [0, 0.05) is 14.1 Å².